The monoisotopic (exact) mass is 661 g/mol. The molecule has 0 saturated heterocycles. The van der Waals surface area contributed by atoms with Crippen molar-refractivity contribution in [3.05, 3.63) is 0 Å². The molecule has 0 amide bonds. The maximum absolute atomic E-state index is 4.83. The third-order valence-electron chi connectivity index (χ3n) is 4.19. The average molecular weight is 663 g/mol. The molecule has 0 nitrogen and oxygen atoms in total. The summed E-state index contributed by atoms with van der Waals surface area (Å²) >= 11 is -0.226. The van der Waals surface area contributed by atoms with Gasteiger partial charge in [-0.1, -0.05) is 125 Å². The van der Waals surface area contributed by atoms with Gasteiger partial charge in [0.05, 0.1) is 0 Å². The van der Waals surface area contributed by atoms with Crippen LogP contribution in [-0.4, -0.2) is 37.0 Å². The van der Waals surface area contributed by atoms with Crippen LogP contribution < -0.4 is 0 Å². The van der Waals surface area contributed by atoms with E-state index in [1.807, 2.05) is 0 Å². The summed E-state index contributed by atoms with van der Waals surface area (Å²) in [5, 5.41) is 0. The minimum atomic E-state index is -0.226. The van der Waals surface area contributed by atoms with Crippen LogP contribution in [0.4, 0.5) is 0 Å². The van der Waals surface area contributed by atoms with Gasteiger partial charge in [-0.05, 0) is 69.5 Å². The van der Waals surface area contributed by atoms with Crippen LogP contribution in [0.25, 0.3) is 0 Å². The molecule has 0 atom stereocenters. The van der Waals surface area contributed by atoms with Crippen LogP contribution in [0.15, 0.2) is 0 Å². The Balaban J connectivity index is -0.000000525. The molecule has 0 rings (SSSR count). The molecule has 5 heteroatoms. The fraction of sp³-hybridized carbons (Fsp3) is 1.00. The van der Waals surface area contributed by atoms with Gasteiger partial charge in [0.2, 0.25) is 0 Å². The number of hydrogen-bond donors (Lipinski definition) is 0. The molecule has 0 bridgehead atoms. The Morgan fingerprint density at radius 2 is 0.429 bits per heavy atom. The molecule has 0 saturated carbocycles. The fourth-order valence-corrected chi connectivity index (χ4v) is 13.1. The molecule has 0 spiro atoms. The Labute approximate surface area is 243 Å². The molecule has 0 aromatic carbocycles. The van der Waals surface area contributed by atoms with E-state index < -0.39 is 0 Å². The van der Waals surface area contributed by atoms with Crippen molar-refractivity contribution in [2.24, 2.45) is 32.5 Å². The van der Waals surface area contributed by atoms with E-state index in [0.29, 0.717) is 32.5 Å². The van der Waals surface area contributed by atoms with Crippen molar-refractivity contribution in [2.75, 3.05) is 37.0 Å². The predicted octanol–water partition coefficient (Wildman–Crippen LogP) is 12.6. The molecule has 0 aliphatic carbocycles. The van der Waals surface area contributed by atoms with E-state index in [0.717, 1.165) is 0 Å². The third-order valence-corrected chi connectivity index (χ3v) is 12.6. The molecule has 35 heavy (non-hydrogen) atoms. The molecule has 0 aromatic heterocycles. The summed E-state index contributed by atoms with van der Waals surface area (Å²) in [6.45, 7) is 42.9. The van der Waals surface area contributed by atoms with Crippen LogP contribution in [0.1, 0.15) is 125 Å². The van der Waals surface area contributed by atoms with Gasteiger partial charge < -0.3 is 0 Å². The second-order valence-electron chi connectivity index (χ2n) is 17.7. The molecule has 0 radical (unpaired) electrons. The van der Waals surface area contributed by atoms with Crippen molar-refractivity contribution in [3.8, 4) is 0 Å². The summed E-state index contributed by atoms with van der Waals surface area (Å²) < 4.78 is 0. The third kappa shape index (κ3) is 40.7. The Bertz CT molecular complexity index is 397. The van der Waals surface area contributed by atoms with Crippen molar-refractivity contribution >= 4 is 35.2 Å². The molecule has 0 N–H and O–H groups in total. The van der Waals surface area contributed by atoms with Crippen LogP contribution in [0, 0.1) is 32.5 Å². The number of rotatable bonds is 6. The first-order valence-electron chi connectivity index (χ1n) is 13.3. The predicted molar refractivity (Wildman–Crippen MR) is 171 cm³/mol. The van der Waals surface area contributed by atoms with E-state index in [9.17, 15) is 0 Å². The van der Waals surface area contributed by atoms with Gasteiger partial charge in [0, 0.05) is 0 Å². The zero-order valence-electron chi connectivity index (χ0n) is 27.2. The van der Waals surface area contributed by atoms with Crippen LogP contribution in [0.5, 0.6) is 0 Å². The summed E-state index contributed by atoms with van der Waals surface area (Å²) in [5.74, 6) is 0. The molecule has 0 aromatic rings. The van der Waals surface area contributed by atoms with Crippen LogP contribution in [0.3, 0.4) is 0 Å². The summed E-state index contributed by atoms with van der Waals surface area (Å²) in [5.41, 5.74) is 2.93. The van der Waals surface area contributed by atoms with Crippen LogP contribution in [0.2, 0.25) is 0 Å². The number of halogens is 2. The molecule has 0 aliphatic rings. The van der Waals surface area contributed by atoms with Crippen molar-refractivity contribution in [1.29, 1.82) is 0 Å². The van der Waals surface area contributed by atoms with E-state index in [2.05, 4.69) is 125 Å². The first kappa shape index (κ1) is 41.5. The van der Waals surface area contributed by atoms with Gasteiger partial charge >= 0.3 is 34.5 Å². The van der Waals surface area contributed by atoms with Gasteiger partial charge in [-0.3, -0.25) is 0 Å². The van der Waals surface area contributed by atoms with E-state index in [1.54, 1.807) is 0 Å². The van der Waals surface area contributed by atoms with Gasteiger partial charge in [0.1, 0.15) is 0 Å². The fourth-order valence-electron chi connectivity index (χ4n) is 4.36. The summed E-state index contributed by atoms with van der Waals surface area (Å²) in [7, 11) is 10.0. The van der Waals surface area contributed by atoms with Crippen molar-refractivity contribution in [3.63, 3.8) is 0 Å². The molecule has 0 aliphatic heterocycles. The van der Waals surface area contributed by atoms with Crippen molar-refractivity contribution in [2.45, 2.75) is 125 Å². The van der Waals surface area contributed by atoms with E-state index in [1.165, 1.54) is 37.0 Å². The summed E-state index contributed by atoms with van der Waals surface area (Å²) in [6.07, 6.45) is 8.48. The first-order valence-corrected chi connectivity index (χ1v) is 21.3. The zero-order valence-corrected chi connectivity index (χ0v) is 32.2. The van der Waals surface area contributed by atoms with Crippen LogP contribution >= 0.6 is 35.2 Å². The molecule has 219 valence electrons. The van der Waals surface area contributed by atoms with Crippen LogP contribution in [-0.2, 0) is 15.1 Å². The topological polar surface area (TPSA) is 0 Å². The van der Waals surface area contributed by atoms with E-state index in [-0.39, 0.29) is 31.0 Å². The molecular weight excluding hydrogens is 596 g/mol. The molecule has 0 heterocycles. The van der Waals surface area contributed by atoms with Crippen molar-refractivity contribution in [1.82, 2.24) is 0 Å². The Morgan fingerprint density at radius 3 is 0.486 bits per heavy atom. The molecular formula is C30H66Cl2P2Rh. The standard InChI is InChI=1S/2C15H33P.2ClH.Rh/c2*1-13(2,3)10-16(11-14(4,5)6)12-15(7,8)9;;;/h2*10-12H2,1-9H3;2*1H;/q;;;;+2/p-2. The Hall–Kier alpha value is 2.06. The SMILES string of the molecule is CC(C)(C)CP(CC(C)(C)C)CC(C)(C)C.CC(C)(C)CP(CC(C)(C)C)CC(C)(C)C.[Cl][Rh][Cl]. The van der Waals surface area contributed by atoms with Gasteiger partial charge in [-0.15, -0.1) is 15.8 Å². The van der Waals surface area contributed by atoms with E-state index >= 15 is 0 Å². The molecule has 0 unspecified atom stereocenters. The Morgan fingerprint density at radius 1 is 0.343 bits per heavy atom. The van der Waals surface area contributed by atoms with E-state index in [4.69, 9.17) is 19.4 Å². The molecule has 0 fully saturated rings. The van der Waals surface area contributed by atoms with Gasteiger partial charge in [0.25, 0.3) is 0 Å². The summed E-state index contributed by atoms with van der Waals surface area (Å²) in [4.78, 5) is 0. The second-order valence-corrected chi connectivity index (χ2v) is 24.8. The first-order chi connectivity index (χ1) is 15.0. The normalized spacial score (nSPS) is 14.0. The quantitative estimate of drug-likeness (QED) is 0.196. The maximum atomic E-state index is 4.83. The van der Waals surface area contributed by atoms with Gasteiger partial charge in [-0.25, -0.2) is 0 Å². The van der Waals surface area contributed by atoms with Gasteiger partial charge in [-0.2, -0.15) is 0 Å². The number of hydrogen-bond acceptors (Lipinski definition) is 0. The zero-order chi connectivity index (χ0) is 29.1. The Kier molecular flexibility index (Phi) is 20.2. The average Bonchev–Trinajstić information content (AvgIpc) is 2.35. The summed E-state index contributed by atoms with van der Waals surface area (Å²) in [6, 6.07) is 0. The second kappa shape index (κ2) is 17.0. The van der Waals surface area contributed by atoms with Gasteiger partial charge in [0.15, 0.2) is 0 Å². The minimum absolute atomic E-state index is 0.175. The van der Waals surface area contributed by atoms with Crippen molar-refractivity contribution < 1.29 is 15.1 Å².